The molecule has 0 fully saturated rings. The van der Waals surface area contributed by atoms with E-state index in [9.17, 15) is 25.2 Å². The second-order valence-electron chi connectivity index (χ2n) is 5.46. The minimum atomic E-state index is -1.19. The molecule has 0 amide bonds. The van der Waals surface area contributed by atoms with Crippen LogP contribution in [0.15, 0.2) is 12.1 Å². The molecule has 7 nitrogen and oxygen atoms in total. The monoisotopic (exact) mass is 368 g/mol. The second-order valence-corrected chi connectivity index (χ2v) is 5.83. The first-order chi connectivity index (χ1) is 12.0. The van der Waals surface area contributed by atoms with Crippen molar-refractivity contribution in [2.45, 2.75) is 33.3 Å². The van der Waals surface area contributed by atoms with Gasteiger partial charge in [-0.2, -0.15) is 0 Å². The molecule has 136 valence electrons. The number of aliphatic hydroxyl groups is 3. The number of carboxylic acid groups (broad SMARTS) is 1. The lowest BCUT2D eigenvalue weighted by atomic mass is 9.92. The highest BCUT2D eigenvalue weighted by atomic mass is 35.5. The van der Waals surface area contributed by atoms with Crippen molar-refractivity contribution in [1.82, 2.24) is 10.3 Å². The number of aromatic nitrogens is 1. The predicted octanol–water partition coefficient (Wildman–Crippen LogP) is 1.62. The lowest BCUT2D eigenvalue weighted by Gasteiger charge is -2.16. The van der Waals surface area contributed by atoms with Crippen molar-refractivity contribution in [2.75, 3.05) is 6.54 Å². The van der Waals surface area contributed by atoms with Gasteiger partial charge in [0.2, 0.25) is 0 Å². The molecule has 0 spiro atoms. The third kappa shape index (κ3) is 3.70. The molecule has 2 rings (SSSR count). The van der Waals surface area contributed by atoms with E-state index < -0.39 is 5.97 Å². The summed E-state index contributed by atoms with van der Waals surface area (Å²) >= 11 is 6.30. The first kappa shape index (κ1) is 19.4. The molecular formula is C17H21ClN2O5. The van der Waals surface area contributed by atoms with Gasteiger partial charge >= 0.3 is 5.97 Å². The van der Waals surface area contributed by atoms with Crippen molar-refractivity contribution in [3.8, 4) is 11.1 Å². The predicted molar refractivity (Wildman–Crippen MR) is 93.3 cm³/mol. The van der Waals surface area contributed by atoms with E-state index in [2.05, 4.69) is 10.3 Å². The number of carbonyl (C=O) groups is 1. The molecule has 0 aliphatic heterocycles. The summed E-state index contributed by atoms with van der Waals surface area (Å²) < 4.78 is 0. The van der Waals surface area contributed by atoms with Gasteiger partial charge in [-0.3, -0.25) is 0 Å². The minimum Gasteiger partial charge on any atom is -0.477 e. The number of carboxylic acids is 1. The fourth-order valence-electron chi connectivity index (χ4n) is 2.84. The maximum Gasteiger partial charge on any atom is 0.353 e. The number of hydrogen-bond donors (Lipinski definition) is 6. The van der Waals surface area contributed by atoms with Gasteiger partial charge in [0, 0.05) is 17.8 Å². The SMILES string of the molecule is CCNCc1[nH]c(C(=O)O)c(Cl)c1-c1ccc(CO)c(CO)c1CO. The van der Waals surface area contributed by atoms with Crippen molar-refractivity contribution in [3.63, 3.8) is 0 Å². The van der Waals surface area contributed by atoms with Gasteiger partial charge in [-0.15, -0.1) is 0 Å². The van der Waals surface area contributed by atoms with E-state index in [-0.39, 0.29) is 30.5 Å². The minimum absolute atomic E-state index is 0.0377. The summed E-state index contributed by atoms with van der Waals surface area (Å²) in [5.41, 5.74) is 2.72. The van der Waals surface area contributed by atoms with Crippen LogP contribution in [-0.2, 0) is 26.4 Å². The first-order valence-corrected chi connectivity index (χ1v) is 8.18. The van der Waals surface area contributed by atoms with Crippen LogP contribution in [-0.4, -0.2) is 37.9 Å². The molecule has 1 aromatic heterocycles. The van der Waals surface area contributed by atoms with Crippen LogP contribution < -0.4 is 5.32 Å². The smallest absolute Gasteiger partial charge is 0.353 e. The third-order valence-corrected chi connectivity index (χ3v) is 4.44. The largest absolute Gasteiger partial charge is 0.477 e. The molecular weight excluding hydrogens is 348 g/mol. The van der Waals surface area contributed by atoms with Crippen molar-refractivity contribution in [2.24, 2.45) is 0 Å². The van der Waals surface area contributed by atoms with Crippen LogP contribution in [0.4, 0.5) is 0 Å². The molecule has 0 atom stereocenters. The van der Waals surface area contributed by atoms with Crippen molar-refractivity contribution in [1.29, 1.82) is 0 Å². The van der Waals surface area contributed by atoms with Crippen LogP contribution in [0.3, 0.4) is 0 Å². The number of aliphatic hydroxyl groups excluding tert-OH is 3. The molecule has 2 aromatic rings. The van der Waals surface area contributed by atoms with Crippen LogP contribution in [0.25, 0.3) is 11.1 Å². The molecule has 0 saturated heterocycles. The van der Waals surface area contributed by atoms with Gasteiger partial charge in [0.15, 0.2) is 0 Å². The van der Waals surface area contributed by atoms with Gasteiger partial charge in [-0.25, -0.2) is 4.79 Å². The summed E-state index contributed by atoms with van der Waals surface area (Å²) in [6, 6.07) is 3.28. The Balaban J connectivity index is 2.74. The van der Waals surface area contributed by atoms with Crippen LogP contribution in [0.1, 0.15) is 39.8 Å². The topological polar surface area (TPSA) is 126 Å². The summed E-state index contributed by atoms with van der Waals surface area (Å²) in [7, 11) is 0. The number of H-pyrrole nitrogens is 1. The molecule has 1 heterocycles. The lowest BCUT2D eigenvalue weighted by Crippen LogP contribution is -2.13. The highest BCUT2D eigenvalue weighted by Gasteiger charge is 2.24. The molecule has 6 N–H and O–H groups in total. The second kappa shape index (κ2) is 8.46. The summed E-state index contributed by atoms with van der Waals surface area (Å²) in [4.78, 5) is 14.2. The summed E-state index contributed by atoms with van der Waals surface area (Å²) in [5.74, 6) is -1.19. The third-order valence-electron chi connectivity index (χ3n) is 4.07. The Hall–Kier alpha value is -1.90. The first-order valence-electron chi connectivity index (χ1n) is 7.80. The molecule has 0 radical (unpaired) electrons. The summed E-state index contributed by atoms with van der Waals surface area (Å²) in [5, 5.41) is 41.3. The van der Waals surface area contributed by atoms with Crippen molar-refractivity contribution in [3.05, 3.63) is 45.2 Å². The Morgan fingerprint density at radius 3 is 2.36 bits per heavy atom. The molecule has 0 bridgehead atoms. The quantitative estimate of drug-likeness (QED) is 0.420. The fraction of sp³-hybridized carbons (Fsp3) is 0.353. The van der Waals surface area contributed by atoms with Gasteiger partial charge < -0.3 is 30.7 Å². The lowest BCUT2D eigenvalue weighted by molar-refractivity contribution is 0.0691. The molecule has 1 aromatic carbocycles. The maximum atomic E-state index is 11.4. The Morgan fingerprint density at radius 2 is 1.84 bits per heavy atom. The van der Waals surface area contributed by atoms with Gasteiger partial charge in [0.1, 0.15) is 5.69 Å². The van der Waals surface area contributed by atoms with E-state index in [0.29, 0.717) is 46.6 Å². The zero-order chi connectivity index (χ0) is 18.6. The maximum absolute atomic E-state index is 11.4. The Labute approximate surface area is 149 Å². The van der Waals surface area contributed by atoms with Crippen LogP contribution in [0, 0.1) is 0 Å². The van der Waals surface area contributed by atoms with E-state index in [1.54, 1.807) is 12.1 Å². The summed E-state index contributed by atoms with van der Waals surface area (Å²) in [6.45, 7) is 1.92. The number of hydrogen-bond acceptors (Lipinski definition) is 5. The van der Waals surface area contributed by atoms with Crippen LogP contribution in [0.5, 0.6) is 0 Å². The number of benzene rings is 1. The Kier molecular flexibility index (Phi) is 6.57. The van der Waals surface area contributed by atoms with Gasteiger partial charge in [-0.1, -0.05) is 30.7 Å². The summed E-state index contributed by atoms with van der Waals surface area (Å²) in [6.07, 6.45) is 0. The zero-order valence-electron chi connectivity index (χ0n) is 13.8. The molecule has 0 aliphatic carbocycles. The number of aromatic amines is 1. The highest BCUT2D eigenvalue weighted by Crippen LogP contribution is 2.38. The Morgan fingerprint density at radius 1 is 1.16 bits per heavy atom. The highest BCUT2D eigenvalue weighted by molar-refractivity contribution is 6.36. The average molecular weight is 369 g/mol. The molecule has 8 heteroatoms. The average Bonchev–Trinajstić information content (AvgIpc) is 2.94. The standard InChI is InChI=1S/C17H21ClN2O5/c1-2-19-5-13-14(15(18)16(20-13)17(24)25)10-4-3-9(6-21)11(7-22)12(10)8-23/h3-4,19-23H,2,5-8H2,1H3,(H,24,25). The van der Waals surface area contributed by atoms with Crippen LogP contribution >= 0.6 is 11.6 Å². The van der Waals surface area contributed by atoms with E-state index in [0.717, 1.165) is 0 Å². The molecule has 0 unspecified atom stereocenters. The number of nitrogens with one attached hydrogen (secondary N) is 2. The number of halogens is 1. The molecule has 0 saturated carbocycles. The number of rotatable bonds is 8. The molecule has 25 heavy (non-hydrogen) atoms. The van der Waals surface area contributed by atoms with E-state index in [1.807, 2.05) is 6.92 Å². The van der Waals surface area contributed by atoms with Crippen molar-refractivity contribution < 1.29 is 25.2 Å². The van der Waals surface area contributed by atoms with Gasteiger partial charge in [-0.05, 0) is 28.8 Å². The fourth-order valence-corrected chi connectivity index (χ4v) is 3.18. The van der Waals surface area contributed by atoms with Gasteiger partial charge in [0.25, 0.3) is 0 Å². The number of aromatic carboxylic acids is 1. The van der Waals surface area contributed by atoms with E-state index in [1.165, 1.54) is 0 Å². The zero-order valence-corrected chi connectivity index (χ0v) is 14.5. The van der Waals surface area contributed by atoms with Crippen LogP contribution in [0.2, 0.25) is 5.02 Å². The van der Waals surface area contributed by atoms with E-state index in [4.69, 9.17) is 11.6 Å². The van der Waals surface area contributed by atoms with E-state index >= 15 is 0 Å². The molecule has 0 aliphatic rings. The normalized spacial score (nSPS) is 11.1. The van der Waals surface area contributed by atoms with Gasteiger partial charge in [0.05, 0.1) is 24.8 Å². The Bertz CT molecular complexity index is 773. The van der Waals surface area contributed by atoms with Crippen molar-refractivity contribution >= 4 is 17.6 Å².